The number of piperidine rings is 1. The number of rotatable bonds is 11. The SMILES string of the molecule is NCCOCCOCCN(Cc1ccc2c(c1)CN(C1CCC(=O)NC1=O)C2=O)C(=O)O. The van der Waals surface area contributed by atoms with E-state index in [0.717, 1.165) is 11.1 Å². The van der Waals surface area contributed by atoms with E-state index in [2.05, 4.69) is 5.32 Å². The van der Waals surface area contributed by atoms with Crippen molar-refractivity contribution in [1.82, 2.24) is 15.1 Å². The second kappa shape index (κ2) is 11.0. The molecule has 1 aromatic rings. The van der Waals surface area contributed by atoms with E-state index in [-0.39, 0.29) is 44.5 Å². The van der Waals surface area contributed by atoms with Gasteiger partial charge < -0.3 is 30.1 Å². The van der Waals surface area contributed by atoms with E-state index in [9.17, 15) is 24.3 Å². The standard InChI is InChI=1S/C21H28N4O7/c22-5-7-31-9-10-32-8-6-24(21(29)30)12-14-1-2-16-15(11-14)13-25(20(16)28)17-3-4-18(26)23-19(17)27/h1-2,11,17H,3-10,12-13,22H2,(H,29,30)(H,23,26,27). The van der Waals surface area contributed by atoms with Gasteiger partial charge in [0.15, 0.2) is 0 Å². The maximum absolute atomic E-state index is 12.8. The minimum Gasteiger partial charge on any atom is -0.465 e. The zero-order chi connectivity index (χ0) is 23.1. The Morgan fingerprint density at radius 2 is 1.94 bits per heavy atom. The van der Waals surface area contributed by atoms with E-state index in [1.165, 1.54) is 9.80 Å². The molecule has 2 aliphatic heterocycles. The maximum atomic E-state index is 12.8. The highest BCUT2D eigenvalue weighted by atomic mass is 16.5. The molecule has 1 saturated heterocycles. The highest BCUT2D eigenvalue weighted by Gasteiger charge is 2.39. The number of nitrogens with one attached hydrogen (secondary N) is 1. The molecule has 11 nitrogen and oxygen atoms in total. The lowest BCUT2D eigenvalue weighted by Crippen LogP contribution is -2.52. The molecule has 11 heteroatoms. The number of carbonyl (C=O) groups is 4. The average molecular weight is 448 g/mol. The van der Waals surface area contributed by atoms with Crippen molar-refractivity contribution in [2.75, 3.05) is 39.5 Å². The van der Waals surface area contributed by atoms with Gasteiger partial charge in [-0.25, -0.2) is 4.79 Å². The summed E-state index contributed by atoms with van der Waals surface area (Å²) in [6.45, 7) is 2.43. The number of nitrogens with zero attached hydrogens (tertiary/aromatic N) is 2. The third-order valence-electron chi connectivity index (χ3n) is 5.37. The number of carbonyl (C=O) groups excluding carboxylic acids is 3. The summed E-state index contributed by atoms with van der Waals surface area (Å²) in [5, 5.41) is 11.8. The van der Waals surface area contributed by atoms with Crippen LogP contribution in [0.1, 0.15) is 34.3 Å². The van der Waals surface area contributed by atoms with Crippen LogP contribution in [0.2, 0.25) is 0 Å². The molecule has 4 N–H and O–H groups in total. The first kappa shape index (κ1) is 23.6. The molecule has 174 valence electrons. The normalized spacial score (nSPS) is 18.0. The van der Waals surface area contributed by atoms with Crippen molar-refractivity contribution in [2.24, 2.45) is 5.73 Å². The molecule has 0 radical (unpaired) electrons. The Labute approximate surface area is 185 Å². The second-order valence-electron chi connectivity index (χ2n) is 7.61. The van der Waals surface area contributed by atoms with Crippen molar-refractivity contribution >= 4 is 23.8 Å². The summed E-state index contributed by atoms with van der Waals surface area (Å²) in [6.07, 6.45) is -0.590. The number of ether oxygens (including phenoxy) is 2. The fourth-order valence-electron chi connectivity index (χ4n) is 3.77. The summed E-state index contributed by atoms with van der Waals surface area (Å²) >= 11 is 0. The van der Waals surface area contributed by atoms with Crippen molar-refractivity contribution < 1.29 is 33.8 Å². The van der Waals surface area contributed by atoms with Crippen LogP contribution >= 0.6 is 0 Å². The summed E-state index contributed by atoms with van der Waals surface area (Å²) in [6, 6.07) is 4.47. The third kappa shape index (κ3) is 5.81. The molecule has 2 heterocycles. The summed E-state index contributed by atoms with van der Waals surface area (Å²) < 4.78 is 10.6. The number of benzene rings is 1. The van der Waals surface area contributed by atoms with Gasteiger partial charge in [-0.3, -0.25) is 19.7 Å². The van der Waals surface area contributed by atoms with Gasteiger partial charge in [-0.05, 0) is 23.6 Å². The number of carboxylic acid groups (broad SMARTS) is 1. The fraction of sp³-hybridized carbons (Fsp3) is 0.524. The molecule has 0 spiro atoms. The van der Waals surface area contributed by atoms with Crippen molar-refractivity contribution in [3.8, 4) is 0 Å². The van der Waals surface area contributed by atoms with Crippen LogP contribution in [0.25, 0.3) is 0 Å². The van der Waals surface area contributed by atoms with Crippen LogP contribution in [0.4, 0.5) is 4.79 Å². The van der Waals surface area contributed by atoms with E-state index < -0.39 is 18.0 Å². The minimum atomic E-state index is -1.07. The lowest BCUT2D eigenvalue weighted by atomic mass is 10.0. The molecule has 0 aliphatic carbocycles. The number of fused-ring (bicyclic) bond motifs is 1. The zero-order valence-corrected chi connectivity index (χ0v) is 17.7. The summed E-state index contributed by atoms with van der Waals surface area (Å²) in [4.78, 5) is 50.6. The quantitative estimate of drug-likeness (QED) is 0.314. The predicted octanol–water partition coefficient (Wildman–Crippen LogP) is -0.0805. The van der Waals surface area contributed by atoms with E-state index in [0.29, 0.717) is 38.3 Å². The number of amides is 4. The first-order valence-electron chi connectivity index (χ1n) is 10.5. The van der Waals surface area contributed by atoms with Gasteiger partial charge in [-0.15, -0.1) is 0 Å². The third-order valence-corrected chi connectivity index (χ3v) is 5.37. The van der Waals surface area contributed by atoms with Crippen molar-refractivity contribution in [1.29, 1.82) is 0 Å². The topological polar surface area (TPSA) is 151 Å². The molecule has 2 aliphatic rings. The van der Waals surface area contributed by atoms with E-state index in [4.69, 9.17) is 15.2 Å². The van der Waals surface area contributed by atoms with Gasteiger partial charge in [0.2, 0.25) is 11.8 Å². The monoisotopic (exact) mass is 448 g/mol. The van der Waals surface area contributed by atoms with Gasteiger partial charge >= 0.3 is 6.09 Å². The van der Waals surface area contributed by atoms with Crippen LogP contribution in [-0.2, 0) is 32.2 Å². The van der Waals surface area contributed by atoms with Crippen LogP contribution in [0.15, 0.2) is 18.2 Å². The van der Waals surface area contributed by atoms with Crippen LogP contribution < -0.4 is 11.1 Å². The Morgan fingerprint density at radius 1 is 1.19 bits per heavy atom. The highest BCUT2D eigenvalue weighted by molar-refractivity contribution is 6.05. The first-order chi connectivity index (χ1) is 15.4. The fourth-order valence-corrected chi connectivity index (χ4v) is 3.77. The number of hydrogen-bond donors (Lipinski definition) is 3. The molecule has 1 unspecified atom stereocenters. The molecule has 3 rings (SSSR count). The number of hydrogen-bond acceptors (Lipinski definition) is 7. The Morgan fingerprint density at radius 3 is 2.62 bits per heavy atom. The predicted molar refractivity (Wildman–Crippen MR) is 112 cm³/mol. The lowest BCUT2D eigenvalue weighted by molar-refractivity contribution is -0.136. The Hall–Kier alpha value is -3.02. The maximum Gasteiger partial charge on any atom is 0.407 e. The Balaban J connectivity index is 1.56. The van der Waals surface area contributed by atoms with Crippen LogP contribution in [-0.4, -0.2) is 84.3 Å². The number of imide groups is 1. The molecule has 4 amide bonds. The van der Waals surface area contributed by atoms with Crippen LogP contribution in [0, 0.1) is 0 Å². The van der Waals surface area contributed by atoms with Gasteiger partial charge in [-0.2, -0.15) is 0 Å². The van der Waals surface area contributed by atoms with E-state index in [1.807, 2.05) is 0 Å². The zero-order valence-electron chi connectivity index (χ0n) is 17.7. The molecule has 1 aromatic carbocycles. The lowest BCUT2D eigenvalue weighted by Gasteiger charge is -2.29. The van der Waals surface area contributed by atoms with Crippen molar-refractivity contribution in [3.63, 3.8) is 0 Å². The summed E-state index contributed by atoms with van der Waals surface area (Å²) in [7, 11) is 0. The second-order valence-corrected chi connectivity index (χ2v) is 7.61. The van der Waals surface area contributed by atoms with Gasteiger partial charge in [0.25, 0.3) is 5.91 Å². The summed E-state index contributed by atoms with van der Waals surface area (Å²) in [5.41, 5.74) is 7.28. The van der Waals surface area contributed by atoms with Gasteiger partial charge in [0.05, 0.1) is 26.4 Å². The summed E-state index contributed by atoms with van der Waals surface area (Å²) in [5.74, 6) is -1.06. The molecule has 1 atom stereocenters. The molecule has 0 bridgehead atoms. The van der Waals surface area contributed by atoms with Gasteiger partial charge in [0, 0.05) is 38.2 Å². The van der Waals surface area contributed by atoms with Crippen LogP contribution in [0.3, 0.4) is 0 Å². The van der Waals surface area contributed by atoms with Crippen molar-refractivity contribution in [2.45, 2.75) is 32.0 Å². The van der Waals surface area contributed by atoms with Gasteiger partial charge in [-0.1, -0.05) is 12.1 Å². The Kier molecular flexibility index (Phi) is 8.14. The Bertz CT molecular complexity index is 876. The largest absolute Gasteiger partial charge is 0.465 e. The average Bonchev–Trinajstić information content (AvgIpc) is 3.07. The first-order valence-corrected chi connectivity index (χ1v) is 10.5. The van der Waals surface area contributed by atoms with Crippen LogP contribution in [0.5, 0.6) is 0 Å². The highest BCUT2D eigenvalue weighted by Crippen LogP contribution is 2.28. The van der Waals surface area contributed by atoms with Crippen molar-refractivity contribution in [3.05, 3.63) is 34.9 Å². The molecule has 0 aromatic heterocycles. The molecule has 1 fully saturated rings. The van der Waals surface area contributed by atoms with E-state index >= 15 is 0 Å². The van der Waals surface area contributed by atoms with E-state index in [1.54, 1.807) is 18.2 Å². The molecular weight excluding hydrogens is 420 g/mol. The van der Waals surface area contributed by atoms with Gasteiger partial charge in [0.1, 0.15) is 6.04 Å². The molecule has 32 heavy (non-hydrogen) atoms. The molecular formula is C21H28N4O7. The smallest absolute Gasteiger partial charge is 0.407 e. The molecule has 0 saturated carbocycles. The number of nitrogens with two attached hydrogens (primary N) is 1. The minimum absolute atomic E-state index is 0.141.